The number of fused-ring (bicyclic) bond motifs is 2. The van der Waals surface area contributed by atoms with Gasteiger partial charge in [-0.1, -0.05) is 0 Å². The number of aromatic nitrogens is 3. The third kappa shape index (κ3) is 2.50. The van der Waals surface area contributed by atoms with E-state index in [0.717, 1.165) is 17.0 Å². The molecule has 0 fully saturated rings. The zero-order chi connectivity index (χ0) is 16.7. The molecule has 0 saturated heterocycles. The normalized spacial score (nSPS) is 14.5. The zero-order valence-corrected chi connectivity index (χ0v) is 14.0. The van der Waals surface area contributed by atoms with E-state index in [9.17, 15) is 9.59 Å². The third-order valence-electron chi connectivity index (χ3n) is 4.29. The number of amides is 1. The van der Waals surface area contributed by atoms with Gasteiger partial charge in [0.2, 0.25) is 0 Å². The maximum Gasteiger partial charge on any atom is 0.271 e. The standard InChI is InChI=1S/C17H16N4O2S/c1-11-2-3-12(10-18-11)16(22)20-6-4-14-19-13-5-9-24-15(13)17(23)21(14)8-7-20/h2-3,5,9-10H,4,6-8H2,1H3. The number of nitrogens with zero attached hydrogens (tertiary/aromatic N) is 4. The van der Waals surface area contributed by atoms with Gasteiger partial charge in [-0.25, -0.2) is 4.98 Å². The molecule has 24 heavy (non-hydrogen) atoms. The van der Waals surface area contributed by atoms with Crippen molar-refractivity contribution in [1.82, 2.24) is 19.4 Å². The molecule has 7 heteroatoms. The Hall–Kier alpha value is -2.54. The summed E-state index contributed by atoms with van der Waals surface area (Å²) in [5.74, 6) is 0.702. The minimum Gasteiger partial charge on any atom is -0.336 e. The first-order valence-corrected chi connectivity index (χ1v) is 8.70. The lowest BCUT2D eigenvalue weighted by Crippen LogP contribution is -2.34. The molecule has 0 unspecified atom stereocenters. The highest BCUT2D eigenvalue weighted by Crippen LogP contribution is 2.17. The molecule has 0 N–H and O–H groups in total. The van der Waals surface area contributed by atoms with Crippen LogP contribution in [-0.4, -0.2) is 38.4 Å². The fraction of sp³-hybridized carbons (Fsp3) is 0.294. The number of carbonyl (C=O) groups is 1. The number of aryl methyl sites for hydroxylation is 1. The van der Waals surface area contributed by atoms with Crippen LogP contribution in [0.25, 0.3) is 10.2 Å². The molecule has 0 saturated carbocycles. The van der Waals surface area contributed by atoms with Crippen LogP contribution < -0.4 is 5.56 Å². The Morgan fingerprint density at radius 2 is 2.08 bits per heavy atom. The van der Waals surface area contributed by atoms with Gasteiger partial charge in [-0.05, 0) is 30.5 Å². The Labute approximate surface area is 142 Å². The van der Waals surface area contributed by atoms with E-state index >= 15 is 0 Å². The Bertz CT molecular complexity index is 974. The van der Waals surface area contributed by atoms with Crippen molar-refractivity contribution in [3.05, 3.63) is 57.2 Å². The second-order valence-corrected chi connectivity index (χ2v) is 6.77. The third-order valence-corrected chi connectivity index (χ3v) is 5.18. The quantitative estimate of drug-likeness (QED) is 0.678. The molecular weight excluding hydrogens is 324 g/mol. The van der Waals surface area contributed by atoms with Gasteiger partial charge >= 0.3 is 0 Å². The van der Waals surface area contributed by atoms with Crippen LogP contribution in [0.3, 0.4) is 0 Å². The first-order chi connectivity index (χ1) is 11.6. The van der Waals surface area contributed by atoms with Gasteiger partial charge in [-0.3, -0.25) is 19.1 Å². The molecule has 4 rings (SSSR count). The molecule has 0 spiro atoms. The highest BCUT2D eigenvalue weighted by atomic mass is 32.1. The van der Waals surface area contributed by atoms with Crippen molar-refractivity contribution in [1.29, 1.82) is 0 Å². The average molecular weight is 340 g/mol. The summed E-state index contributed by atoms with van der Waals surface area (Å²) in [5.41, 5.74) is 2.20. The highest BCUT2D eigenvalue weighted by Gasteiger charge is 2.22. The topological polar surface area (TPSA) is 68.1 Å². The van der Waals surface area contributed by atoms with Gasteiger partial charge in [-0.2, -0.15) is 0 Å². The predicted molar refractivity (Wildman–Crippen MR) is 92.5 cm³/mol. The molecule has 0 atom stereocenters. The lowest BCUT2D eigenvalue weighted by molar-refractivity contribution is 0.0758. The molecular formula is C17H16N4O2S. The molecule has 3 aromatic rings. The molecule has 1 aliphatic heterocycles. The minimum absolute atomic E-state index is 0.00342. The SMILES string of the molecule is Cc1ccc(C(=O)N2CCc3nc4ccsc4c(=O)n3CC2)cn1. The second kappa shape index (κ2) is 5.83. The fourth-order valence-electron chi connectivity index (χ4n) is 2.96. The van der Waals surface area contributed by atoms with Crippen molar-refractivity contribution in [2.75, 3.05) is 13.1 Å². The molecule has 6 nitrogen and oxygen atoms in total. The molecule has 0 bridgehead atoms. The summed E-state index contributed by atoms with van der Waals surface area (Å²) in [5, 5.41) is 1.89. The molecule has 0 aliphatic carbocycles. The van der Waals surface area contributed by atoms with Crippen molar-refractivity contribution in [3.63, 3.8) is 0 Å². The van der Waals surface area contributed by atoms with Crippen LogP contribution in [0.1, 0.15) is 21.9 Å². The largest absolute Gasteiger partial charge is 0.336 e. The maximum absolute atomic E-state index is 12.7. The van der Waals surface area contributed by atoms with E-state index < -0.39 is 0 Å². The number of thiophene rings is 1. The lowest BCUT2D eigenvalue weighted by atomic mass is 10.2. The van der Waals surface area contributed by atoms with Crippen LogP contribution in [0, 0.1) is 6.92 Å². The van der Waals surface area contributed by atoms with Crippen LogP contribution in [0.5, 0.6) is 0 Å². The van der Waals surface area contributed by atoms with Gasteiger partial charge < -0.3 is 4.90 Å². The Kier molecular flexibility index (Phi) is 3.65. The first kappa shape index (κ1) is 15.0. The summed E-state index contributed by atoms with van der Waals surface area (Å²) in [7, 11) is 0. The zero-order valence-electron chi connectivity index (χ0n) is 13.2. The Morgan fingerprint density at radius 3 is 2.88 bits per heavy atom. The van der Waals surface area contributed by atoms with E-state index in [1.165, 1.54) is 11.3 Å². The molecule has 0 aromatic carbocycles. The second-order valence-electron chi connectivity index (χ2n) is 5.85. The van der Waals surface area contributed by atoms with Gasteiger partial charge in [-0.15, -0.1) is 11.3 Å². The number of rotatable bonds is 1. The Balaban J connectivity index is 1.63. The van der Waals surface area contributed by atoms with Gasteiger partial charge in [0.25, 0.3) is 11.5 Å². The van der Waals surface area contributed by atoms with Crippen LogP contribution >= 0.6 is 11.3 Å². The van der Waals surface area contributed by atoms with Gasteiger partial charge in [0.05, 0.1) is 11.1 Å². The predicted octanol–water partition coefficient (Wildman–Crippen LogP) is 1.86. The number of pyridine rings is 1. The van der Waals surface area contributed by atoms with E-state index in [-0.39, 0.29) is 11.5 Å². The van der Waals surface area contributed by atoms with Crippen molar-refractivity contribution < 1.29 is 4.79 Å². The summed E-state index contributed by atoms with van der Waals surface area (Å²) < 4.78 is 2.39. The lowest BCUT2D eigenvalue weighted by Gasteiger charge is -2.19. The summed E-state index contributed by atoms with van der Waals surface area (Å²) >= 11 is 1.41. The van der Waals surface area contributed by atoms with Crippen molar-refractivity contribution >= 4 is 27.5 Å². The molecule has 0 radical (unpaired) electrons. The summed E-state index contributed by atoms with van der Waals surface area (Å²) in [6.07, 6.45) is 2.18. The van der Waals surface area contributed by atoms with Gasteiger partial charge in [0, 0.05) is 37.9 Å². The van der Waals surface area contributed by atoms with Crippen molar-refractivity contribution in [2.45, 2.75) is 19.9 Å². The molecule has 1 aliphatic rings. The minimum atomic E-state index is -0.0508. The van der Waals surface area contributed by atoms with E-state index in [1.807, 2.05) is 24.4 Å². The summed E-state index contributed by atoms with van der Waals surface area (Å²) in [4.78, 5) is 35.8. The highest BCUT2D eigenvalue weighted by molar-refractivity contribution is 7.17. The first-order valence-electron chi connectivity index (χ1n) is 7.82. The van der Waals surface area contributed by atoms with E-state index in [0.29, 0.717) is 36.3 Å². The van der Waals surface area contributed by atoms with Crippen LogP contribution in [0.4, 0.5) is 0 Å². The number of hydrogen-bond donors (Lipinski definition) is 0. The van der Waals surface area contributed by atoms with Crippen LogP contribution in [0.2, 0.25) is 0 Å². The summed E-state index contributed by atoms with van der Waals surface area (Å²) in [6.45, 7) is 3.41. The van der Waals surface area contributed by atoms with Gasteiger partial charge in [0.1, 0.15) is 10.5 Å². The smallest absolute Gasteiger partial charge is 0.271 e. The Morgan fingerprint density at radius 1 is 1.21 bits per heavy atom. The van der Waals surface area contributed by atoms with Crippen LogP contribution in [-0.2, 0) is 13.0 Å². The number of carbonyl (C=O) groups excluding carboxylic acids is 1. The molecule has 1 amide bonds. The maximum atomic E-state index is 12.7. The average Bonchev–Trinajstić information content (AvgIpc) is 2.95. The van der Waals surface area contributed by atoms with E-state index in [1.54, 1.807) is 21.7 Å². The van der Waals surface area contributed by atoms with E-state index in [4.69, 9.17) is 0 Å². The van der Waals surface area contributed by atoms with Crippen molar-refractivity contribution in [3.8, 4) is 0 Å². The number of hydrogen-bond acceptors (Lipinski definition) is 5. The van der Waals surface area contributed by atoms with Crippen molar-refractivity contribution in [2.24, 2.45) is 0 Å². The van der Waals surface area contributed by atoms with Crippen LogP contribution in [0.15, 0.2) is 34.6 Å². The fourth-order valence-corrected chi connectivity index (χ4v) is 3.74. The molecule has 4 heterocycles. The summed E-state index contributed by atoms with van der Waals surface area (Å²) in [6, 6.07) is 5.50. The van der Waals surface area contributed by atoms with E-state index in [2.05, 4.69) is 9.97 Å². The molecule has 122 valence electrons. The van der Waals surface area contributed by atoms with Gasteiger partial charge in [0.15, 0.2) is 0 Å². The monoisotopic (exact) mass is 340 g/mol. The molecule has 3 aromatic heterocycles.